The molecule has 294 valence electrons. The number of carboxylic acid groups (broad SMARTS) is 1. The Morgan fingerprint density at radius 1 is 1.15 bits per heavy atom. The smallest absolute Gasteiger partial charge is 0.438 e. The molecular formula is C34H42F3N7O9S. The maximum atomic E-state index is 14.4. The van der Waals surface area contributed by atoms with Gasteiger partial charge >= 0.3 is 12.3 Å². The van der Waals surface area contributed by atoms with E-state index in [2.05, 4.69) is 30.3 Å². The quantitative estimate of drug-likeness (QED) is 0.284. The summed E-state index contributed by atoms with van der Waals surface area (Å²) in [6, 6.07) is -1.55. The molecule has 6 rings (SSSR count). The number of nitrogens with one attached hydrogen (secondary N) is 3. The Balaban J connectivity index is 1.38. The summed E-state index contributed by atoms with van der Waals surface area (Å²) in [6.07, 6.45) is -0.723. The third kappa shape index (κ3) is 8.17. The van der Waals surface area contributed by atoms with Gasteiger partial charge in [-0.3, -0.25) is 19.1 Å². The lowest BCUT2D eigenvalue weighted by Gasteiger charge is -2.33. The summed E-state index contributed by atoms with van der Waals surface area (Å²) in [4.78, 5) is 67.0. The van der Waals surface area contributed by atoms with E-state index in [4.69, 9.17) is 9.47 Å². The normalized spacial score (nSPS) is 29.9. The SMILES string of the molecule is CC[C@@H]1C[C@H](C)CC/C=C\[C@@H]2C[C@@]2(C(=O)NS(=O)(=O)C2CC2)NC(=O)[C@@H]2C[C@@H](Oc3nc4cc(OC)ncc4nc3C(F)(F)F)CN2C(=O)[C@H]1NC(=O)O. The van der Waals surface area contributed by atoms with Crippen LogP contribution in [0.5, 0.6) is 11.8 Å². The zero-order valence-corrected chi connectivity index (χ0v) is 30.6. The molecule has 2 aromatic rings. The van der Waals surface area contributed by atoms with Gasteiger partial charge in [0.2, 0.25) is 39.3 Å². The Kier molecular flexibility index (Phi) is 10.7. The molecule has 0 aromatic carbocycles. The van der Waals surface area contributed by atoms with Crippen LogP contribution in [0.3, 0.4) is 0 Å². The number of methoxy groups -OCH3 is 1. The first-order valence-corrected chi connectivity index (χ1v) is 19.3. The molecule has 7 atom stereocenters. The first-order valence-electron chi connectivity index (χ1n) is 17.8. The third-order valence-corrected chi connectivity index (χ3v) is 12.3. The summed E-state index contributed by atoms with van der Waals surface area (Å²) >= 11 is 0. The fraction of sp³-hybridized carbons (Fsp3) is 0.618. The molecule has 3 fully saturated rings. The van der Waals surface area contributed by atoms with Crippen LogP contribution in [0.1, 0.15) is 70.9 Å². The van der Waals surface area contributed by atoms with Crippen LogP contribution in [0, 0.1) is 17.8 Å². The van der Waals surface area contributed by atoms with Crippen LogP contribution in [0.15, 0.2) is 24.4 Å². The number of fused-ring (bicyclic) bond motifs is 3. The highest BCUT2D eigenvalue weighted by atomic mass is 32.2. The van der Waals surface area contributed by atoms with Gasteiger partial charge in [0, 0.05) is 18.4 Å². The number of carbonyl (C=O) groups is 4. The predicted octanol–water partition coefficient (Wildman–Crippen LogP) is 2.92. The van der Waals surface area contributed by atoms with E-state index in [0.717, 1.165) is 11.1 Å². The van der Waals surface area contributed by atoms with Gasteiger partial charge in [-0.25, -0.2) is 28.2 Å². The average Bonchev–Trinajstić information content (AvgIpc) is 4.03. The molecule has 4 amide bonds. The van der Waals surface area contributed by atoms with Crippen LogP contribution in [0.2, 0.25) is 0 Å². The van der Waals surface area contributed by atoms with Crippen LogP contribution >= 0.6 is 0 Å². The second kappa shape index (κ2) is 14.8. The summed E-state index contributed by atoms with van der Waals surface area (Å²) in [7, 11) is -2.71. The average molecular weight is 782 g/mol. The first-order chi connectivity index (χ1) is 25.4. The van der Waals surface area contributed by atoms with Gasteiger partial charge in [0.05, 0.1) is 30.6 Å². The van der Waals surface area contributed by atoms with Gasteiger partial charge in [0.25, 0.3) is 5.91 Å². The van der Waals surface area contributed by atoms with Crippen molar-refractivity contribution in [2.45, 2.75) is 100 Å². The fourth-order valence-corrected chi connectivity index (χ4v) is 8.67. The van der Waals surface area contributed by atoms with E-state index in [-0.39, 0.29) is 35.7 Å². The van der Waals surface area contributed by atoms with Crippen molar-refractivity contribution in [3.8, 4) is 11.8 Å². The van der Waals surface area contributed by atoms with Crippen molar-refractivity contribution in [3.05, 3.63) is 30.1 Å². The third-order valence-electron chi connectivity index (χ3n) is 10.5. The van der Waals surface area contributed by atoms with E-state index < -0.39 is 98.9 Å². The molecule has 54 heavy (non-hydrogen) atoms. The minimum atomic E-state index is -5.04. The molecule has 4 heterocycles. The Morgan fingerprint density at radius 3 is 2.54 bits per heavy atom. The van der Waals surface area contributed by atoms with Crippen molar-refractivity contribution in [2.24, 2.45) is 17.8 Å². The maximum Gasteiger partial charge on any atom is 0.438 e. The Labute approximate surface area is 308 Å². The monoisotopic (exact) mass is 781 g/mol. The highest BCUT2D eigenvalue weighted by molar-refractivity contribution is 7.91. The van der Waals surface area contributed by atoms with Crippen molar-refractivity contribution in [2.75, 3.05) is 13.7 Å². The number of halogens is 3. The summed E-state index contributed by atoms with van der Waals surface area (Å²) < 4.78 is 81.4. The number of ether oxygens (including phenoxy) is 2. The number of nitrogens with zero attached hydrogens (tertiary/aromatic N) is 4. The second-order valence-corrected chi connectivity index (χ2v) is 16.4. The highest BCUT2D eigenvalue weighted by Gasteiger charge is 2.62. The predicted molar refractivity (Wildman–Crippen MR) is 183 cm³/mol. The molecule has 2 aliphatic carbocycles. The molecule has 0 spiro atoms. The second-order valence-electron chi connectivity index (χ2n) is 14.5. The molecule has 4 N–H and O–H groups in total. The Morgan fingerprint density at radius 2 is 1.89 bits per heavy atom. The number of alkyl halides is 3. The molecular weight excluding hydrogens is 739 g/mol. The highest BCUT2D eigenvalue weighted by Crippen LogP contribution is 2.46. The van der Waals surface area contributed by atoms with Crippen LogP contribution < -0.4 is 24.8 Å². The van der Waals surface area contributed by atoms with E-state index in [1.165, 1.54) is 13.2 Å². The molecule has 0 unspecified atom stereocenters. The number of pyridine rings is 1. The lowest BCUT2D eigenvalue weighted by Crippen LogP contribution is -2.59. The molecule has 0 bridgehead atoms. The standard InChI is InChI=1S/C34H42F3N7O9S/c1-4-18-11-17(2)7-5-6-8-19-14-33(19,31(47)43-54(50,51)21-9-10-21)42-28(45)24-12-20(16-44(24)30(46)26(18)41-32(48)49)53-29-27(34(35,36)37)39-23-15-38-25(52-3)13-22(23)40-29/h6,8,13,15,17-21,24,26,41H,4-5,7,9-12,14,16H2,1-3H3,(H,42,45)(H,43,47)(H,48,49)/b8-6-/t17-,18-,19-,20-,24+,26+,33-/m1/s1. The summed E-state index contributed by atoms with van der Waals surface area (Å²) in [5.74, 6) is -4.64. The van der Waals surface area contributed by atoms with Crippen molar-refractivity contribution in [3.63, 3.8) is 0 Å². The summed E-state index contributed by atoms with van der Waals surface area (Å²) in [6.45, 7) is 3.29. The molecule has 20 heteroatoms. The van der Waals surface area contributed by atoms with Gasteiger partial charge in [0.1, 0.15) is 29.2 Å². The number of allylic oxidation sites excluding steroid dienone is 1. The minimum absolute atomic E-state index is 0.0119. The number of sulfonamides is 1. The van der Waals surface area contributed by atoms with E-state index >= 15 is 0 Å². The van der Waals surface area contributed by atoms with Crippen molar-refractivity contribution >= 4 is 44.9 Å². The zero-order valence-electron chi connectivity index (χ0n) is 29.8. The van der Waals surface area contributed by atoms with Crippen molar-refractivity contribution < 1.29 is 55.3 Å². The lowest BCUT2D eigenvalue weighted by atomic mass is 9.85. The molecule has 4 aliphatic rings. The van der Waals surface area contributed by atoms with Gasteiger partial charge in [0.15, 0.2) is 0 Å². The first kappa shape index (κ1) is 39.0. The van der Waals surface area contributed by atoms with Gasteiger partial charge in [-0.05, 0) is 50.4 Å². The Hall–Kier alpha value is -4.75. The Bertz CT molecular complexity index is 1960. The van der Waals surface area contributed by atoms with Gasteiger partial charge in [-0.2, -0.15) is 13.2 Å². The number of aromatic nitrogens is 3. The van der Waals surface area contributed by atoms with Crippen LogP contribution in [-0.2, 0) is 30.6 Å². The summed E-state index contributed by atoms with van der Waals surface area (Å²) in [5.41, 5.74) is -3.42. The largest absolute Gasteiger partial charge is 0.481 e. The number of carbonyl (C=O) groups excluding carboxylic acids is 3. The molecule has 1 saturated heterocycles. The van der Waals surface area contributed by atoms with E-state index in [0.29, 0.717) is 38.5 Å². The summed E-state index contributed by atoms with van der Waals surface area (Å²) in [5, 5.41) is 14.0. The zero-order chi connectivity index (χ0) is 39.2. The van der Waals surface area contributed by atoms with Crippen molar-refractivity contribution in [1.82, 2.24) is 35.2 Å². The molecule has 2 saturated carbocycles. The number of hydrogen-bond acceptors (Lipinski definition) is 11. The van der Waals surface area contributed by atoms with Crippen LogP contribution in [0.25, 0.3) is 11.0 Å². The van der Waals surface area contributed by atoms with E-state index in [9.17, 15) is 45.9 Å². The molecule has 2 aliphatic heterocycles. The van der Waals surface area contributed by atoms with Gasteiger partial charge in [-0.1, -0.05) is 32.4 Å². The molecule has 16 nitrogen and oxygen atoms in total. The topological polar surface area (TPSA) is 219 Å². The molecule has 0 radical (unpaired) electrons. The van der Waals surface area contributed by atoms with Gasteiger partial charge < -0.3 is 30.1 Å². The number of hydrogen-bond donors (Lipinski definition) is 4. The van der Waals surface area contributed by atoms with E-state index in [1.54, 1.807) is 13.0 Å². The van der Waals surface area contributed by atoms with E-state index in [1.807, 2.05) is 13.0 Å². The minimum Gasteiger partial charge on any atom is -0.481 e. The lowest BCUT2D eigenvalue weighted by molar-refractivity contribution is -0.143. The fourth-order valence-electron chi connectivity index (χ4n) is 7.31. The molecule has 2 aromatic heterocycles. The van der Waals surface area contributed by atoms with Crippen LogP contribution in [-0.4, -0.2) is 99.8 Å². The number of amides is 4. The number of rotatable bonds is 8. The maximum absolute atomic E-state index is 14.4. The van der Waals surface area contributed by atoms with Crippen molar-refractivity contribution in [1.29, 1.82) is 0 Å². The van der Waals surface area contributed by atoms with Gasteiger partial charge in [-0.15, -0.1) is 0 Å². The van der Waals surface area contributed by atoms with Crippen LogP contribution in [0.4, 0.5) is 18.0 Å².